The second-order valence-corrected chi connectivity index (χ2v) is 5.97. The summed E-state index contributed by atoms with van der Waals surface area (Å²) in [5, 5.41) is 9.86. The largest absolute Gasteiger partial charge is 0.507 e. The Kier molecular flexibility index (Phi) is 5.44. The van der Waals surface area contributed by atoms with Gasteiger partial charge in [-0.05, 0) is 48.9 Å². The molecular formula is C17H18BrNO3. The van der Waals surface area contributed by atoms with Crippen LogP contribution in [0.25, 0.3) is 0 Å². The Morgan fingerprint density at radius 1 is 1.23 bits per heavy atom. The fourth-order valence-electron chi connectivity index (χ4n) is 1.96. The molecule has 0 saturated carbocycles. The maximum Gasteiger partial charge on any atom is 0.257 e. The topological polar surface area (TPSA) is 49.8 Å². The number of likely N-dealkylation sites (N-methyl/N-ethyl adjacent to an activating group) is 1. The Hall–Kier alpha value is -2.01. The minimum absolute atomic E-state index is 0.00526. The maximum absolute atomic E-state index is 12.3. The highest BCUT2D eigenvalue weighted by Crippen LogP contribution is 2.20. The highest BCUT2D eigenvalue weighted by Gasteiger charge is 2.15. The van der Waals surface area contributed by atoms with E-state index in [9.17, 15) is 9.90 Å². The predicted molar refractivity (Wildman–Crippen MR) is 89.4 cm³/mol. The number of aromatic hydroxyl groups is 1. The van der Waals surface area contributed by atoms with Crippen LogP contribution in [0.15, 0.2) is 46.9 Å². The Bertz CT molecular complexity index is 655. The lowest BCUT2D eigenvalue weighted by molar-refractivity contribution is 0.0771. The molecule has 4 nitrogen and oxygen atoms in total. The van der Waals surface area contributed by atoms with E-state index in [4.69, 9.17) is 4.74 Å². The summed E-state index contributed by atoms with van der Waals surface area (Å²) >= 11 is 3.36. The van der Waals surface area contributed by atoms with Crippen LogP contribution in [0.1, 0.15) is 15.9 Å². The fraction of sp³-hybridized carbons (Fsp3) is 0.235. The number of ether oxygens (including phenoxy) is 1. The van der Waals surface area contributed by atoms with E-state index in [0.29, 0.717) is 18.7 Å². The van der Waals surface area contributed by atoms with Crippen LogP contribution in [0.5, 0.6) is 11.5 Å². The molecule has 0 bridgehead atoms. The van der Waals surface area contributed by atoms with Crippen molar-refractivity contribution in [3.8, 4) is 11.5 Å². The van der Waals surface area contributed by atoms with E-state index in [-0.39, 0.29) is 11.7 Å². The van der Waals surface area contributed by atoms with Gasteiger partial charge >= 0.3 is 0 Å². The van der Waals surface area contributed by atoms with Crippen molar-refractivity contribution in [1.29, 1.82) is 0 Å². The molecule has 22 heavy (non-hydrogen) atoms. The highest BCUT2D eigenvalue weighted by atomic mass is 79.9. The molecule has 1 amide bonds. The molecule has 0 spiro atoms. The van der Waals surface area contributed by atoms with E-state index in [1.54, 1.807) is 25.2 Å². The number of rotatable bonds is 5. The van der Waals surface area contributed by atoms with E-state index in [2.05, 4.69) is 15.9 Å². The lowest BCUT2D eigenvalue weighted by Gasteiger charge is -2.18. The zero-order valence-corrected chi connectivity index (χ0v) is 14.1. The third-order valence-electron chi connectivity index (χ3n) is 3.24. The van der Waals surface area contributed by atoms with Crippen molar-refractivity contribution in [3.05, 3.63) is 58.1 Å². The minimum atomic E-state index is -0.225. The van der Waals surface area contributed by atoms with Gasteiger partial charge in [-0.15, -0.1) is 0 Å². The van der Waals surface area contributed by atoms with Crippen LogP contribution in [-0.4, -0.2) is 36.1 Å². The molecule has 0 heterocycles. The van der Waals surface area contributed by atoms with E-state index < -0.39 is 0 Å². The first-order chi connectivity index (χ1) is 10.5. The van der Waals surface area contributed by atoms with Crippen LogP contribution in [0.4, 0.5) is 0 Å². The van der Waals surface area contributed by atoms with Crippen molar-refractivity contribution in [2.45, 2.75) is 6.92 Å². The summed E-state index contributed by atoms with van der Waals surface area (Å²) < 4.78 is 6.58. The number of phenolic OH excluding ortho intramolecular Hbond substituents is 1. The monoisotopic (exact) mass is 363 g/mol. The third kappa shape index (κ3) is 4.24. The van der Waals surface area contributed by atoms with Crippen LogP contribution in [-0.2, 0) is 0 Å². The Morgan fingerprint density at radius 2 is 1.91 bits per heavy atom. The number of hydrogen-bond donors (Lipinski definition) is 1. The summed E-state index contributed by atoms with van der Waals surface area (Å²) in [6, 6.07) is 12.5. The van der Waals surface area contributed by atoms with Crippen molar-refractivity contribution >= 4 is 21.8 Å². The molecule has 0 radical (unpaired) electrons. The summed E-state index contributed by atoms with van der Waals surface area (Å²) in [5.74, 6) is 0.532. The van der Waals surface area contributed by atoms with Crippen LogP contribution in [0.2, 0.25) is 0 Å². The number of benzene rings is 2. The van der Waals surface area contributed by atoms with Gasteiger partial charge in [0, 0.05) is 11.5 Å². The SMILES string of the molecule is Cc1ccc(C(=O)N(C)CCOc2ccc(Br)cc2)c(O)c1. The van der Waals surface area contributed by atoms with Gasteiger partial charge in [-0.25, -0.2) is 0 Å². The zero-order valence-electron chi connectivity index (χ0n) is 12.5. The van der Waals surface area contributed by atoms with Gasteiger partial charge in [-0.1, -0.05) is 22.0 Å². The van der Waals surface area contributed by atoms with E-state index in [0.717, 1.165) is 15.8 Å². The highest BCUT2D eigenvalue weighted by molar-refractivity contribution is 9.10. The van der Waals surface area contributed by atoms with Crippen LogP contribution in [0, 0.1) is 6.92 Å². The lowest BCUT2D eigenvalue weighted by Crippen LogP contribution is -2.30. The Labute approximate surface area is 138 Å². The van der Waals surface area contributed by atoms with Crippen molar-refractivity contribution in [2.75, 3.05) is 20.2 Å². The Morgan fingerprint density at radius 3 is 2.55 bits per heavy atom. The van der Waals surface area contributed by atoms with Crippen LogP contribution < -0.4 is 4.74 Å². The number of amides is 1. The van der Waals surface area contributed by atoms with Gasteiger partial charge < -0.3 is 14.7 Å². The average molecular weight is 364 g/mol. The molecule has 0 aromatic heterocycles. The Balaban J connectivity index is 1.90. The summed E-state index contributed by atoms with van der Waals surface area (Å²) in [6.45, 7) is 2.68. The lowest BCUT2D eigenvalue weighted by atomic mass is 10.1. The molecule has 2 aromatic rings. The molecular weight excluding hydrogens is 346 g/mol. The van der Waals surface area contributed by atoms with Crippen molar-refractivity contribution in [2.24, 2.45) is 0 Å². The molecule has 0 aliphatic rings. The van der Waals surface area contributed by atoms with Gasteiger partial charge in [0.05, 0.1) is 12.1 Å². The maximum atomic E-state index is 12.3. The van der Waals surface area contributed by atoms with Gasteiger partial charge in [0.25, 0.3) is 5.91 Å². The quantitative estimate of drug-likeness (QED) is 0.882. The number of nitrogens with zero attached hydrogens (tertiary/aromatic N) is 1. The van der Waals surface area contributed by atoms with Gasteiger partial charge in [0.2, 0.25) is 0 Å². The molecule has 0 aliphatic carbocycles. The number of carbonyl (C=O) groups excluding carboxylic acids is 1. The molecule has 0 atom stereocenters. The number of hydrogen-bond acceptors (Lipinski definition) is 3. The number of aryl methyl sites for hydroxylation is 1. The minimum Gasteiger partial charge on any atom is -0.507 e. The third-order valence-corrected chi connectivity index (χ3v) is 3.77. The molecule has 0 saturated heterocycles. The zero-order chi connectivity index (χ0) is 16.1. The molecule has 116 valence electrons. The molecule has 2 aromatic carbocycles. The van der Waals surface area contributed by atoms with E-state index in [1.165, 1.54) is 4.90 Å². The smallest absolute Gasteiger partial charge is 0.257 e. The molecule has 1 N–H and O–H groups in total. The molecule has 0 unspecified atom stereocenters. The summed E-state index contributed by atoms with van der Waals surface area (Å²) in [5.41, 5.74) is 1.21. The van der Waals surface area contributed by atoms with Crippen LogP contribution >= 0.6 is 15.9 Å². The summed E-state index contributed by atoms with van der Waals surface area (Å²) in [4.78, 5) is 13.8. The van der Waals surface area contributed by atoms with Crippen molar-refractivity contribution < 1.29 is 14.6 Å². The normalized spacial score (nSPS) is 10.3. The first-order valence-corrected chi connectivity index (χ1v) is 7.70. The number of phenols is 1. The van der Waals surface area contributed by atoms with Gasteiger partial charge in [0.15, 0.2) is 0 Å². The number of carbonyl (C=O) groups is 1. The molecule has 5 heteroatoms. The van der Waals surface area contributed by atoms with Crippen molar-refractivity contribution in [1.82, 2.24) is 4.90 Å². The average Bonchev–Trinajstić information content (AvgIpc) is 2.48. The summed E-state index contributed by atoms with van der Waals surface area (Å²) in [7, 11) is 1.69. The molecule has 0 fully saturated rings. The first-order valence-electron chi connectivity index (χ1n) is 6.91. The second kappa shape index (κ2) is 7.31. The second-order valence-electron chi connectivity index (χ2n) is 5.05. The fourth-order valence-corrected chi connectivity index (χ4v) is 2.23. The molecule has 2 rings (SSSR count). The number of halogens is 1. The molecule has 0 aliphatic heterocycles. The predicted octanol–water partition coefficient (Wildman–Crippen LogP) is 3.61. The first kappa shape index (κ1) is 16.4. The van der Waals surface area contributed by atoms with Crippen LogP contribution in [0.3, 0.4) is 0 Å². The van der Waals surface area contributed by atoms with Gasteiger partial charge in [-0.3, -0.25) is 4.79 Å². The summed E-state index contributed by atoms with van der Waals surface area (Å²) in [6.07, 6.45) is 0. The van der Waals surface area contributed by atoms with Gasteiger partial charge in [0.1, 0.15) is 18.1 Å². The van der Waals surface area contributed by atoms with Crippen molar-refractivity contribution in [3.63, 3.8) is 0 Å². The van der Waals surface area contributed by atoms with Gasteiger partial charge in [-0.2, -0.15) is 0 Å². The van der Waals surface area contributed by atoms with E-state index in [1.807, 2.05) is 31.2 Å². The van der Waals surface area contributed by atoms with E-state index >= 15 is 0 Å². The standard InChI is InChI=1S/C17H18BrNO3/c1-12-3-8-15(16(20)11-12)17(21)19(2)9-10-22-14-6-4-13(18)5-7-14/h3-8,11,20H,9-10H2,1-2H3.